The number of carbonyl (C=O) groups is 1. The van der Waals surface area contributed by atoms with Crippen LogP contribution >= 0.6 is 0 Å². The van der Waals surface area contributed by atoms with Gasteiger partial charge in [-0.15, -0.1) is 0 Å². The fourth-order valence-corrected chi connectivity index (χ4v) is 4.58. The maximum Gasteiger partial charge on any atom is 0.240 e. The van der Waals surface area contributed by atoms with Crippen LogP contribution in [0, 0.1) is 11.3 Å². The second-order valence-corrected chi connectivity index (χ2v) is 8.64. The summed E-state index contributed by atoms with van der Waals surface area (Å²) in [4.78, 5) is 27.7. The molecule has 2 aromatic carbocycles. The zero-order valence-corrected chi connectivity index (χ0v) is 21.1. The van der Waals surface area contributed by atoms with Gasteiger partial charge in [-0.25, -0.2) is 9.97 Å². The van der Waals surface area contributed by atoms with Crippen LogP contribution in [0.3, 0.4) is 0 Å². The standard InChI is InChI=1S/C26H26N8O4/c1-36-20-10-16(11-21(37-2)23(20)38-3)33-13-22(29-14-33)31-25-17-7-6-15(12-27)9-18(17)30-26(32-25)34-8-4-5-19(34)24(28)35/h6-7,9-11,13-14,19H,4-5,8H2,1-3H3,(H2,28,35)(H,30,31,32). The van der Waals surface area contributed by atoms with Crippen LogP contribution in [0.15, 0.2) is 42.9 Å². The van der Waals surface area contributed by atoms with Gasteiger partial charge in [-0.05, 0) is 31.0 Å². The van der Waals surface area contributed by atoms with Crippen molar-refractivity contribution in [3.05, 3.63) is 48.4 Å². The van der Waals surface area contributed by atoms with E-state index >= 15 is 0 Å². The van der Waals surface area contributed by atoms with E-state index in [0.29, 0.717) is 64.3 Å². The summed E-state index contributed by atoms with van der Waals surface area (Å²) < 4.78 is 18.1. The molecular formula is C26H26N8O4. The van der Waals surface area contributed by atoms with E-state index in [4.69, 9.17) is 24.9 Å². The Labute approximate surface area is 218 Å². The van der Waals surface area contributed by atoms with Gasteiger partial charge in [-0.1, -0.05) is 0 Å². The molecule has 1 saturated heterocycles. The second-order valence-electron chi connectivity index (χ2n) is 8.64. The van der Waals surface area contributed by atoms with Crippen molar-refractivity contribution in [2.75, 3.05) is 38.1 Å². The van der Waals surface area contributed by atoms with Gasteiger partial charge in [0.2, 0.25) is 17.6 Å². The number of methoxy groups -OCH3 is 3. The lowest BCUT2D eigenvalue weighted by Gasteiger charge is -2.23. The number of imidazole rings is 1. The molecule has 0 radical (unpaired) electrons. The quantitative estimate of drug-likeness (QED) is 0.359. The minimum atomic E-state index is -0.487. The minimum Gasteiger partial charge on any atom is -0.493 e. The lowest BCUT2D eigenvalue weighted by atomic mass is 10.1. The summed E-state index contributed by atoms with van der Waals surface area (Å²) in [5.74, 6) is 2.46. The van der Waals surface area contributed by atoms with Gasteiger partial charge in [0.15, 0.2) is 11.5 Å². The minimum absolute atomic E-state index is 0.362. The predicted octanol–water partition coefficient (Wildman–Crippen LogP) is 2.91. The van der Waals surface area contributed by atoms with Gasteiger partial charge in [0.05, 0.1) is 50.4 Å². The third-order valence-electron chi connectivity index (χ3n) is 6.43. The van der Waals surface area contributed by atoms with Gasteiger partial charge < -0.3 is 34.7 Å². The van der Waals surface area contributed by atoms with Crippen LogP contribution in [0.1, 0.15) is 18.4 Å². The van der Waals surface area contributed by atoms with E-state index in [1.165, 1.54) is 0 Å². The summed E-state index contributed by atoms with van der Waals surface area (Å²) in [6.07, 6.45) is 4.87. The summed E-state index contributed by atoms with van der Waals surface area (Å²) >= 11 is 0. The van der Waals surface area contributed by atoms with Crippen molar-refractivity contribution >= 4 is 34.4 Å². The molecule has 0 spiro atoms. The Bertz CT molecular complexity index is 1540. The molecule has 4 aromatic rings. The molecule has 1 atom stereocenters. The first-order valence-corrected chi connectivity index (χ1v) is 11.8. The summed E-state index contributed by atoms with van der Waals surface area (Å²) in [6.45, 7) is 0.603. The molecule has 0 bridgehead atoms. The molecule has 1 fully saturated rings. The molecule has 38 heavy (non-hydrogen) atoms. The van der Waals surface area contributed by atoms with E-state index in [0.717, 1.165) is 12.1 Å². The Morgan fingerprint density at radius 1 is 1.13 bits per heavy atom. The Kier molecular flexibility index (Phi) is 6.57. The van der Waals surface area contributed by atoms with Gasteiger partial charge in [-0.3, -0.25) is 4.79 Å². The number of nitrogens with two attached hydrogens (primary N) is 1. The number of nitrogens with one attached hydrogen (secondary N) is 1. The fourth-order valence-electron chi connectivity index (χ4n) is 4.58. The topological polar surface area (TPSA) is 153 Å². The molecule has 3 N–H and O–H groups in total. The number of aromatic nitrogens is 4. The number of amides is 1. The van der Waals surface area contributed by atoms with Crippen LogP contribution in [0.25, 0.3) is 16.6 Å². The molecule has 1 aliphatic rings. The van der Waals surface area contributed by atoms with Crippen molar-refractivity contribution in [1.82, 2.24) is 19.5 Å². The SMILES string of the molecule is COc1cc(-n2cnc(Nc3nc(N4CCCC4C(N)=O)nc4cc(C#N)ccc34)c2)cc(OC)c1OC. The molecule has 2 aromatic heterocycles. The normalized spacial score (nSPS) is 14.8. The van der Waals surface area contributed by atoms with Crippen molar-refractivity contribution in [2.24, 2.45) is 5.73 Å². The first kappa shape index (κ1) is 24.6. The van der Waals surface area contributed by atoms with Crippen molar-refractivity contribution < 1.29 is 19.0 Å². The number of carbonyl (C=O) groups excluding carboxylic acids is 1. The van der Waals surface area contributed by atoms with E-state index in [1.807, 2.05) is 12.1 Å². The largest absolute Gasteiger partial charge is 0.493 e. The number of ether oxygens (including phenoxy) is 3. The Morgan fingerprint density at radius 2 is 1.89 bits per heavy atom. The van der Waals surface area contributed by atoms with Crippen LogP contribution in [0.5, 0.6) is 17.2 Å². The van der Waals surface area contributed by atoms with Crippen LogP contribution in [-0.4, -0.2) is 59.3 Å². The molecule has 12 heteroatoms. The molecule has 0 aliphatic carbocycles. The number of benzene rings is 2. The van der Waals surface area contributed by atoms with Crippen LogP contribution in [-0.2, 0) is 4.79 Å². The third kappa shape index (κ3) is 4.45. The van der Waals surface area contributed by atoms with Crippen molar-refractivity contribution in [1.29, 1.82) is 5.26 Å². The lowest BCUT2D eigenvalue weighted by molar-refractivity contribution is -0.119. The van der Waals surface area contributed by atoms with E-state index < -0.39 is 11.9 Å². The fraction of sp³-hybridized carbons (Fsp3) is 0.269. The van der Waals surface area contributed by atoms with Crippen molar-refractivity contribution in [3.8, 4) is 29.0 Å². The maximum absolute atomic E-state index is 12.0. The molecule has 3 heterocycles. The average Bonchev–Trinajstić information content (AvgIpc) is 3.62. The predicted molar refractivity (Wildman–Crippen MR) is 140 cm³/mol. The van der Waals surface area contributed by atoms with Gasteiger partial charge in [0.25, 0.3) is 0 Å². The summed E-state index contributed by atoms with van der Waals surface area (Å²) in [5.41, 5.74) is 7.40. The van der Waals surface area contributed by atoms with Crippen LogP contribution in [0.2, 0.25) is 0 Å². The van der Waals surface area contributed by atoms with Crippen molar-refractivity contribution in [2.45, 2.75) is 18.9 Å². The van der Waals surface area contributed by atoms with Crippen LogP contribution < -0.4 is 30.2 Å². The average molecular weight is 515 g/mol. The molecule has 0 saturated carbocycles. The van der Waals surface area contributed by atoms with Gasteiger partial charge in [-0.2, -0.15) is 10.2 Å². The smallest absolute Gasteiger partial charge is 0.240 e. The number of primary amides is 1. The van der Waals surface area contributed by atoms with Gasteiger partial charge in [0, 0.05) is 24.1 Å². The van der Waals surface area contributed by atoms with Crippen LogP contribution in [0.4, 0.5) is 17.6 Å². The monoisotopic (exact) mass is 514 g/mol. The van der Waals surface area contributed by atoms with E-state index in [9.17, 15) is 10.1 Å². The van der Waals surface area contributed by atoms with Gasteiger partial charge in [0.1, 0.15) is 24.0 Å². The Morgan fingerprint density at radius 3 is 2.55 bits per heavy atom. The van der Waals surface area contributed by atoms with Gasteiger partial charge >= 0.3 is 0 Å². The van der Waals surface area contributed by atoms with Crippen molar-refractivity contribution in [3.63, 3.8) is 0 Å². The first-order valence-electron chi connectivity index (χ1n) is 11.8. The highest BCUT2D eigenvalue weighted by atomic mass is 16.5. The molecule has 5 rings (SSSR count). The molecule has 194 valence electrons. The summed E-state index contributed by atoms with van der Waals surface area (Å²) in [5, 5.41) is 13.4. The highest BCUT2D eigenvalue weighted by Gasteiger charge is 2.31. The number of rotatable bonds is 8. The Balaban J connectivity index is 1.54. The van der Waals surface area contributed by atoms with E-state index in [2.05, 4.69) is 21.4 Å². The number of hydrogen-bond acceptors (Lipinski definition) is 10. The number of anilines is 3. The lowest BCUT2D eigenvalue weighted by Crippen LogP contribution is -2.41. The highest BCUT2D eigenvalue weighted by molar-refractivity contribution is 5.93. The number of hydrogen-bond donors (Lipinski definition) is 2. The third-order valence-corrected chi connectivity index (χ3v) is 6.43. The Hall–Kier alpha value is -5.05. The molecule has 1 aliphatic heterocycles. The molecule has 12 nitrogen and oxygen atoms in total. The highest BCUT2D eigenvalue weighted by Crippen LogP contribution is 2.39. The zero-order chi connectivity index (χ0) is 26.8. The zero-order valence-electron chi connectivity index (χ0n) is 21.1. The number of fused-ring (bicyclic) bond motifs is 1. The first-order chi connectivity index (χ1) is 18.4. The maximum atomic E-state index is 12.0. The molecule has 1 amide bonds. The summed E-state index contributed by atoms with van der Waals surface area (Å²) in [7, 11) is 4.66. The summed E-state index contributed by atoms with van der Waals surface area (Å²) in [6, 6.07) is 10.4. The van der Waals surface area contributed by atoms with E-state index in [-0.39, 0.29) is 0 Å². The molecule has 1 unspecified atom stereocenters. The number of nitriles is 1. The second kappa shape index (κ2) is 10.1. The molecular weight excluding hydrogens is 488 g/mol. The number of nitrogens with zero attached hydrogens (tertiary/aromatic N) is 6. The van der Waals surface area contributed by atoms with E-state index in [1.54, 1.807) is 61.5 Å².